The van der Waals surface area contributed by atoms with Gasteiger partial charge < -0.3 is 29.7 Å². The Hall–Kier alpha value is -5.54. The molecule has 0 radical (unpaired) electrons. The molecule has 15 heteroatoms. The number of ether oxygens (including phenoxy) is 1. The molecule has 0 aliphatic carbocycles. The number of likely N-dealkylation sites (tertiary alicyclic amines) is 1. The molecule has 57 heavy (non-hydrogen) atoms. The number of hydrogen-bond donors (Lipinski definition) is 2. The zero-order valence-corrected chi connectivity index (χ0v) is 32.7. The van der Waals surface area contributed by atoms with E-state index in [1.165, 1.54) is 0 Å². The summed E-state index contributed by atoms with van der Waals surface area (Å²) < 4.78 is 6.15. The number of likely N-dealkylation sites (N-methyl/N-ethyl adjacent to an activating group) is 1. The van der Waals surface area contributed by atoms with Gasteiger partial charge in [0.15, 0.2) is 5.82 Å². The normalized spacial score (nSPS) is 23.2. The van der Waals surface area contributed by atoms with E-state index in [1.54, 1.807) is 17.2 Å². The Bertz CT molecular complexity index is 2130. The van der Waals surface area contributed by atoms with E-state index in [4.69, 9.17) is 4.74 Å². The highest BCUT2D eigenvalue weighted by atomic mass is 16.5. The minimum absolute atomic E-state index is 0.0147. The number of rotatable bonds is 8. The zero-order valence-electron chi connectivity index (χ0n) is 32.7. The smallest absolute Gasteiger partial charge is 0.256 e. The number of piperidine rings is 3. The lowest BCUT2D eigenvalue weighted by molar-refractivity contribution is -0.137. The molecule has 0 bridgehead atoms. The minimum atomic E-state index is -0.616. The summed E-state index contributed by atoms with van der Waals surface area (Å²) >= 11 is 0. The van der Waals surface area contributed by atoms with Gasteiger partial charge in [-0.05, 0) is 93.5 Å². The highest BCUT2D eigenvalue weighted by Gasteiger charge is 2.41. The van der Waals surface area contributed by atoms with E-state index in [0.29, 0.717) is 66.1 Å². The molecule has 2 aromatic rings. The summed E-state index contributed by atoms with van der Waals surface area (Å²) in [7, 11) is 1.91. The van der Waals surface area contributed by atoms with Gasteiger partial charge in [-0.1, -0.05) is 0 Å². The van der Waals surface area contributed by atoms with Crippen molar-refractivity contribution in [2.75, 3.05) is 50.0 Å². The molecule has 1 atom stereocenters. The van der Waals surface area contributed by atoms with E-state index >= 15 is 0 Å². The van der Waals surface area contributed by atoms with Gasteiger partial charge in [-0.15, -0.1) is 0 Å². The van der Waals surface area contributed by atoms with Crippen molar-refractivity contribution >= 4 is 47.1 Å². The van der Waals surface area contributed by atoms with Gasteiger partial charge in [0.1, 0.15) is 11.8 Å². The van der Waals surface area contributed by atoms with Crippen LogP contribution in [-0.2, 0) is 27.5 Å². The number of hydrogen-bond acceptors (Lipinski definition) is 11. The number of benzene rings is 2. The molecule has 2 aromatic carbocycles. The Morgan fingerprint density at radius 2 is 1.58 bits per heavy atom. The molecule has 2 N–H and O–H groups in total. The van der Waals surface area contributed by atoms with Gasteiger partial charge >= 0.3 is 0 Å². The topological polar surface area (TPSA) is 150 Å². The van der Waals surface area contributed by atoms with E-state index < -0.39 is 11.9 Å². The number of amides is 5. The van der Waals surface area contributed by atoms with Crippen LogP contribution in [0.5, 0.6) is 5.75 Å². The maximum Gasteiger partial charge on any atom is 0.256 e. The Labute approximate surface area is 331 Å². The summed E-state index contributed by atoms with van der Waals surface area (Å²) in [6.45, 7) is 8.82. The highest BCUT2D eigenvalue weighted by molar-refractivity contribution is 6.07. The summed E-state index contributed by atoms with van der Waals surface area (Å²) in [4.78, 5) is 77.9. The van der Waals surface area contributed by atoms with Crippen LogP contribution in [0.15, 0.2) is 59.0 Å². The summed E-state index contributed by atoms with van der Waals surface area (Å²) in [6, 6.07) is 9.68. The third-order valence-electron chi connectivity index (χ3n) is 12.5. The molecule has 0 saturated carbocycles. The average Bonchev–Trinajstić information content (AvgIpc) is 3.84. The SMILES string of the molecule is CC(C)Oc1cc2c(cc1NC(=O)C1=C3N=CC=CN3N(C)C1)CN(C1CCN(C3CCN(c4ccc5c(c4)CN(C4CCC(=O)NC4=O)C5=O)CC3)CC1)C2=O. The Kier molecular flexibility index (Phi) is 9.59. The van der Waals surface area contributed by atoms with Crippen molar-refractivity contribution in [2.24, 2.45) is 4.99 Å². The first-order chi connectivity index (χ1) is 27.5. The molecular weight excluding hydrogens is 727 g/mol. The average molecular weight is 776 g/mol. The number of nitrogens with zero attached hydrogens (tertiary/aromatic N) is 7. The van der Waals surface area contributed by atoms with Crippen LogP contribution in [0.25, 0.3) is 0 Å². The number of hydrazine groups is 1. The first-order valence-corrected chi connectivity index (χ1v) is 20.2. The lowest BCUT2D eigenvalue weighted by Crippen LogP contribution is -2.52. The quantitative estimate of drug-likeness (QED) is 0.383. The van der Waals surface area contributed by atoms with Crippen LogP contribution in [0.1, 0.15) is 84.2 Å². The van der Waals surface area contributed by atoms with E-state index in [0.717, 1.165) is 68.7 Å². The molecular formula is C42H49N9O6. The minimum Gasteiger partial charge on any atom is -0.489 e. The lowest BCUT2D eigenvalue weighted by Gasteiger charge is -2.43. The second-order valence-electron chi connectivity index (χ2n) is 16.4. The molecule has 3 fully saturated rings. The van der Waals surface area contributed by atoms with Gasteiger partial charge in [-0.25, -0.2) is 10.0 Å². The van der Waals surface area contributed by atoms with Crippen molar-refractivity contribution in [1.82, 2.24) is 30.0 Å². The zero-order chi connectivity index (χ0) is 39.5. The third-order valence-corrected chi connectivity index (χ3v) is 12.5. The van der Waals surface area contributed by atoms with Crippen LogP contribution in [0, 0.1) is 0 Å². The number of fused-ring (bicyclic) bond motifs is 3. The molecule has 0 spiro atoms. The van der Waals surface area contributed by atoms with Crippen LogP contribution >= 0.6 is 0 Å². The van der Waals surface area contributed by atoms with Crippen molar-refractivity contribution in [1.29, 1.82) is 0 Å². The van der Waals surface area contributed by atoms with Gasteiger partial charge in [0, 0.05) is 94.0 Å². The summed E-state index contributed by atoms with van der Waals surface area (Å²) in [6.07, 6.45) is 9.69. The first kappa shape index (κ1) is 37.1. The van der Waals surface area contributed by atoms with E-state index in [1.807, 2.05) is 66.3 Å². The summed E-state index contributed by atoms with van der Waals surface area (Å²) in [5.41, 5.74) is 5.28. The van der Waals surface area contributed by atoms with Gasteiger partial charge in [0.25, 0.3) is 17.7 Å². The van der Waals surface area contributed by atoms with Gasteiger partial charge in [0.2, 0.25) is 11.8 Å². The largest absolute Gasteiger partial charge is 0.489 e. The molecule has 5 amide bonds. The number of imide groups is 1. The molecule has 15 nitrogen and oxygen atoms in total. The van der Waals surface area contributed by atoms with Crippen LogP contribution in [-0.4, -0.2) is 124 Å². The molecule has 1 unspecified atom stereocenters. The highest BCUT2D eigenvalue weighted by Crippen LogP contribution is 2.38. The fourth-order valence-corrected chi connectivity index (χ4v) is 9.52. The van der Waals surface area contributed by atoms with Crippen molar-refractivity contribution in [3.8, 4) is 5.75 Å². The van der Waals surface area contributed by atoms with Crippen LogP contribution in [0.3, 0.4) is 0 Å². The second-order valence-corrected chi connectivity index (χ2v) is 16.4. The fraction of sp³-hybridized carbons (Fsp3) is 0.476. The lowest BCUT2D eigenvalue weighted by atomic mass is 9.96. The first-order valence-electron chi connectivity index (χ1n) is 20.2. The molecule has 7 aliphatic rings. The van der Waals surface area contributed by atoms with E-state index in [-0.39, 0.29) is 42.2 Å². The van der Waals surface area contributed by atoms with Gasteiger partial charge in [0.05, 0.1) is 23.9 Å². The predicted octanol–water partition coefficient (Wildman–Crippen LogP) is 3.23. The molecule has 9 rings (SSSR count). The van der Waals surface area contributed by atoms with Crippen LogP contribution < -0.4 is 20.3 Å². The Morgan fingerprint density at radius 3 is 2.33 bits per heavy atom. The van der Waals surface area contributed by atoms with E-state index in [2.05, 4.69) is 31.5 Å². The van der Waals surface area contributed by atoms with Crippen molar-refractivity contribution in [3.05, 3.63) is 76.3 Å². The predicted molar refractivity (Wildman–Crippen MR) is 212 cm³/mol. The third kappa shape index (κ3) is 6.86. The number of anilines is 2. The molecule has 0 aromatic heterocycles. The van der Waals surface area contributed by atoms with E-state index in [9.17, 15) is 24.0 Å². The van der Waals surface area contributed by atoms with Crippen molar-refractivity contribution in [2.45, 2.75) is 89.7 Å². The summed E-state index contributed by atoms with van der Waals surface area (Å²) in [5.74, 6) is 0.0172. The maximum absolute atomic E-state index is 13.9. The van der Waals surface area contributed by atoms with Gasteiger partial charge in [-0.3, -0.25) is 34.3 Å². The Balaban J connectivity index is 0.801. The van der Waals surface area contributed by atoms with Crippen LogP contribution in [0.4, 0.5) is 11.4 Å². The number of aliphatic imine (C=N–C) groups is 1. The molecule has 7 heterocycles. The number of nitrogens with one attached hydrogen (secondary N) is 2. The molecule has 7 aliphatic heterocycles. The molecule has 298 valence electrons. The standard InChI is InChI=1S/C42H49N9O6/c1-25(2)57-36-21-32-27(20-34(36)44-39(53)33-24-46(3)51-14-4-13-43-38(33)51)22-49(42(32)56)29-11-17-47(18-12-29)28-9-15-48(16-10-28)30-5-6-31-26(19-30)23-50(41(31)55)35-7-8-37(52)45-40(35)54/h4-6,13-14,19-21,25,28-29,35H,7-12,15-18,22-24H2,1-3H3,(H,44,53)(H,45,52,54). The van der Waals surface area contributed by atoms with Crippen LogP contribution in [0.2, 0.25) is 0 Å². The second kappa shape index (κ2) is 14.8. The fourth-order valence-electron chi connectivity index (χ4n) is 9.52. The maximum atomic E-state index is 13.9. The number of carbonyl (C=O) groups is 5. The molecule has 3 saturated heterocycles. The number of allylic oxidation sites excluding steroid dienone is 1. The summed E-state index contributed by atoms with van der Waals surface area (Å²) in [5, 5.41) is 9.24. The Morgan fingerprint density at radius 1 is 0.860 bits per heavy atom. The van der Waals surface area contributed by atoms with Crippen molar-refractivity contribution < 1.29 is 28.7 Å². The van der Waals surface area contributed by atoms with Crippen molar-refractivity contribution in [3.63, 3.8) is 0 Å². The monoisotopic (exact) mass is 775 g/mol. The number of carbonyl (C=O) groups excluding carboxylic acids is 5. The van der Waals surface area contributed by atoms with Gasteiger partial charge in [-0.2, -0.15) is 0 Å².